The Labute approximate surface area is 294 Å². The van der Waals surface area contributed by atoms with Crippen LogP contribution in [0.2, 0.25) is 0 Å². The summed E-state index contributed by atoms with van der Waals surface area (Å²) in [6.07, 6.45) is 0. The van der Waals surface area contributed by atoms with Crippen molar-refractivity contribution >= 4 is 21.5 Å². The molecule has 0 heteroatoms. The predicted octanol–water partition coefficient (Wildman–Crippen LogP) is 13.6. The van der Waals surface area contributed by atoms with Crippen molar-refractivity contribution in [1.29, 1.82) is 0 Å². The summed E-state index contributed by atoms with van der Waals surface area (Å²) in [7, 11) is 0. The van der Waals surface area contributed by atoms with Crippen molar-refractivity contribution in [2.45, 2.75) is 38.5 Å². The van der Waals surface area contributed by atoms with Crippen molar-refractivity contribution in [2.75, 3.05) is 0 Å². The van der Waals surface area contributed by atoms with Gasteiger partial charge in [-0.05, 0) is 118 Å². The SMILES string of the molecule is CC1(C)c2ccccc2-c2ccc(-c3cccc4cc5cccc(-c6ccc7c(c6)C(C)(C)c6ccccc6-7)c5c(-c5ccccc5)c34)cc21. The first kappa shape index (κ1) is 29.2. The van der Waals surface area contributed by atoms with E-state index in [2.05, 4.69) is 185 Å². The summed E-state index contributed by atoms with van der Waals surface area (Å²) in [6.45, 7) is 9.48. The lowest BCUT2D eigenvalue weighted by Crippen LogP contribution is -2.14. The lowest BCUT2D eigenvalue weighted by molar-refractivity contribution is 0.660. The summed E-state index contributed by atoms with van der Waals surface area (Å²) in [5, 5.41) is 5.14. The Morgan fingerprint density at radius 1 is 0.300 bits per heavy atom. The molecule has 10 rings (SSSR count). The van der Waals surface area contributed by atoms with Gasteiger partial charge >= 0.3 is 0 Å². The third-order valence-electron chi connectivity index (χ3n) is 11.9. The normalized spacial score (nSPS) is 14.7. The van der Waals surface area contributed by atoms with Crippen LogP contribution in [0.25, 0.3) is 77.2 Å². The van der Waals surface area contributed by atoms with Gasteiger partial charge < -0.3 is 0 Å². The highest BCUT2D eigenvalue weighted by atomic mass is 14.4. The van der Waals surface area contributed by atoms with Gasteiger partial charge in [-0.15, -0.1) is 0 Å². The second kappa shape index (κ2) is 10.4. The van der Waals surface area contributed by atoms with Crippen molar-refractivity contribution in [3.63, 3.8) is 0 Å². The summed E-state index contributed by atoms with van der Waals surface area (Å²) in [5.41, 5.74) is 18.6. The average molecular weight is 639 g/mol. The topological polar surface area (TPSA) is 0 Å². The summed E-state index contributed by atoms with van der Waals surface area (Å²) >= 11 is 0. The predicted molar refractivity (Wildman–Crippen MR) is 213 cm³/mol. The third-order valence-corrected chi connectivity index (χ3v) is 11.9. The first-order valence-electron chi connectivity index (χ1n) is 17.9. The van der Waals surface area contributed by atoms with Crippen molar-refractivity contribution < 1.29 is 0 Å². The highest BCUT2D eigenvalue weighted by Gasteiger charge is 2.36. The Hall–Kier alpha value is -5.72. The fraction of sp³-hybridized carbons (Fsp3) is 0.120. The van der Waals surface area contributed by atoms with Crippen LogP contribution < -0.4 is 0 Å². The molecule has 0 amide bonds. The molecule has 2 aliphatic rings. The van der Waals surface area contributed by atoms with E-state index < -0.39 is 0 Å². The van der Waals surface area contributed by atoms with Gasteiger partial charge in [0.1, 0.15) is 0 Å². The lowest BCUT2D eigenvalue weighted by atomic mass is 9.80. The summed E-state index contributed by atoms with van der Waals surface area (Å²) in [4.78, 5) is 0. The maximum atomic E-state index is 2.47. The molecule has 0 spiro atoms. The molecule has 0 saturated heterocycles. The maximum absolute atomic E-state index is 2.47. The highest BCUT2D eigenvalue weighted by Crippen LogP contribution is 2.53. The Morgan fingerprint density at radius 2 is 0.720 bits per heavy atom. The zero-order chi connectivity index (χ0) is 33.8. The van der Waals surface area contributed by atoms with Gasteiger partial charge in [-0.1, -0.05) is 167 Å². The minimum absolute atomic E-state index is 0.0599. The van der Waals surface area contributed by atoms with Crippen LogP contribution in [0.4, 0.5) is 0 Å². The van der Waals surface area contributed by atoms with E-state index in [9.17, 15) is 0 Å². The van der Waals surface area contributed by atoms with Crippen molar-refractivity contribution in [3.8, 4) is 55.6 Å². The molecular formula is C50H38. The van der Waals surface area contributed by atoms with Crippen LogP contribution in [0.3, 0.4) is 0 Å². The molecule has 0 nitrogen and oxygen atoms in total. The van der Waals surface area contributed by atoms with Gasteiger partial charge in [0.2, 0.25) is 0 Å². The molecule has 0 atom stereocenters. The summed E-state index contributed by atoms with van der Waals surface area (Å²) < 4.78 is 0. The summed E-state index contributed by atoms with van der Waals surface area (Å²) in [6, 6.07) is 59.3. The zero-order valence-electron chi connectivity index (χ0n) is 29.0. The number of fused-ring (bicyclic) bond motifs is 8. The molecular weight excluding hydrogens is 601 g/mol. The van der Waals surface area contributed by atoms with Gasteiger partial charge in [0, 0.05) is 10.8 Å². The van der Waals surface area contributed by atoms with E-state index in [1.54, 1.807) is 0 Å². The standard InChI is InChI=1S/C50H38/c1-49(2)42-22-10-8-18-38(42)40-26-24-32(29-44(40)49)36-20-12-16-34-28-35-17-13-21-37(47(35)48(46(34)36)31-14-6-5-7-15-31)33-25-27-41-39-19-9-11-23-43(39)50(3,4)45(41)30-33/h5-30H,1-4H3. The maximum Gasteiger partial charge on any atom is 0.0159 e. The van der Waals surface area contributed by atoms with Crippen LogP contribution >= 0.6 is 0 Å². The Kier molecular flexibility index (Phi) is 6.07. The van der Waals surface area contributed by atoms with Gasteiger partial charge in [-0.25, -0.2) is 0 Å². The molecule has 8 aromatic carbocycles. The minimum atomic E-state index is -0.0599. The van der Waals surface area contributed by atoms with Gasteiger partial charge in [0.15, 0.2) is 0 Å². The van der Waals surface area contributed by atoms with E-state index in [1.165, 1.54) is 99.4 Å². The Morgan fingerprint density at radius 3 is 1.22 bits per heavy atom. The van der Waals surface area contributed by atoms with Crippen LogP contribution in [0.5, 0.6) is 0 Å². The van der Waals surface area contributed by atoms with E-state index in [1.807, 2.05) is 0 Å². The van der Waals surface area contributed by atoms with Crippen molar-refractivity contribution in [2.24, 2.45) is 0 Å². The monoisotopic (exact) mass is 638 g/mol. The van der Waals surface area contributed by atoms with Crippen molar-refractivity contribution in [1.82, 2.24) is 0 Å². The van der Waals surface area contributed by atoms with Crippen LogP contribution in [-0.4, -0.2) is 0 Å². The average Bonchev–Trinajstić information content (AvgIpc) is 3.52. The van der Waals surface area contributed by atoms with Crippen LogP contribution in [0.15, 0.2) is 158 Å². The molecule has 50 heavy (non-hydrogen) atoms. The first-order chi connectivity index (χ1) is 24.3. The zero-order valence-corrected chi connectivity index (χ0v) is 29.0. The molecule has 0 fully saturated rings. The highest BCUT2D eigenvalue weighted by molar-refractivity contribution is 6.21. The van der Waals surface area contributed by atoms with E-state index >= 15 is 0 Å². The quantitative estimate of drug-likeness (QED) is 0.169. The number of rotatable bonds is 3. The van der Waals surface area contributed by atoms with Gasteiger partial charge in [0.05, 0.1) is 0 Å². The third kappa shape index (κ3) is 4.00. The van der Waals surface area contributed by atoms with Crippen LogP contribution in [0, 0.1) is 0 Å². The van der Waals surface area contributed by atoms with E-state index in [4.69, 9.17) is 0 Å². The van der Waals surface area contributed by atoms with Gasteiger partial charge in [-0.3, -0.25) is 0 Å². The minimum Gasteiger partial charge on any atom is -0.0622 e. The molecule has 0 N–H and O–H groups in total. The smallest absolute Gasteiger partial charge is 0.0159 e. The molecule has 2 aliphatic carbocycles. The van der Waals surface area contributed by atoms with E-state index in [-0.39, 0.29) is 10.8 Å². The fourth-order valence-electron chi connectivity index (χ4n) is 9.35. The molecule has 0 aromatic heterocycles. The molecule has 0 bridgehead atoms. The lowest BCUT2D eigenvalue weighted by Gasteiger charge is -2.23. The summed E-state index contributed by atoms with van der Waals surface area (Å²) in [5.74, 6) is 0. The molecule has 0 aliphatic heterocycles. The molecule has 0 saturated carbocycles. The number of hydrogen-bond acceptors (Lipinski definition) is 0. The van der Waals surface area contributed by atoms with Gasteiger partial charge in [0.25, 0.3) is 0 Å². The largest absolute Gasteiger partial charge is 0.0622 e. The number of benzene rings is 8. The number of hydrogen-bond donors (Lipinski definition) is 0. The molecule has 0 unspecified atom stereocenters. The molecule has 238 valence electrons. The van der Waals surface area contributed by atoms with Gasteiger partial charge in [-0.2, -0.15) is 0 Å². The molecule has 8 aromatic rings. The Bertz CT molecular complexity index is 2520. The Balaban J connectivity index is 1.26. The molecule has 0 heterocycles. The first-order valence-corrected chi connectivity index (χ1v) is 17.9. The van der Waals surface area contributed by atoms with Crippen molar-refractivity contribution in [3.05, 3.63) is 180 Å². The second-order valence-corrected chi connectivity index (χ2v) is 15.3. The fourth-order valence-corrected chi connectivity index (χ4v) is 9.35. The second-order valence-electron chi connectivity index (χ2n) is 15.3. The van der Waals surface area contributed by atoms with E-state index in [0.717, 1.165) is 0 Å². The van der Waals surface area contributed by atoms with E-state index in [0.29, 0.717) is 0 Å². The van der Waals surface area contributed by atoms with Crippen LogP contribution in [0.1, 0.15) is 49.9 Å². The molecule has 0 radical (unpaired) electrons. The van der Waals surface area contributed by atoms with Crippen LogP contribution in [-0.2, 0) is 10.8 Å².